The Morgan fingerprint density at radius 3 is 2.47 bits per heavy atom. The van der Waals surface area contributed by atoms with Gasteiger partial charge in [0, 0.05) is 31.7 Å². The van der Waals surface area contributed by atoms with Crippen LogP contribution in [0.5, 0.6) is 0 Å². The zero-order chi connectivity index (χ0) is 13.7. The molecule has 0 unspecified atom stereocenters. The minimum atomic E-state index is 0.0185. The number of likely N-dealkylation sites (tertiary alicyclic amines) is 1. The molecule has 1 saturated heterocycles. The quantitative estimate of drug-likeness (QED) is 0.642. The number of carbonyl (C=O) groups is 1. The van der Waals surface area contributed by atoms with Crippen molar-refractivity contribution in [2.45, 2.75) is 19.3 Å². The first kappa shape index (κ1) is 13.4. The van der Waals surface area contributed by atoms with Gasteiger partial charge in [0.2, 0.25) is 0 Å². The summed E-state index contributed by atoms with van der Waals surface area (Å²) in [6.45, 7) is 2.10. The molecule has 5 heteroatoms. The Balaban J connectivity index is 2.13. The number of urea groups is 1. The molecule has 2 amide bonds. The number of carbonyl (C=O) groups excluding carboxylic acids is 1. The Morgan fingerprint density at radius 1 is 1.26 bits per heavy atom. The maximum absolute atomic E-state index is 12.5. The maximum Gasteiger partial charge on any atom is 0.324 e. The molecule has 1 fully saturated rings. The number of nitrogens with zero attached hydrogens (tertiary/aromatic N) is 2. The lowest BCUT2D eigenvalue weighted by atomic mass is 10.2. The Kier molecular flexibility index (Phi) is 4.39. The van der Waals surface area contributed by atoms with Gasteiger partial charge in [0.25, 0.3) is 0 Å². The summed E-state index contributed by atoms with van der Waals surface area (Å²) < 4.78 is 0. The molecule has 0 saturated carbocycles. The summed E-state index contributed by atoms with van der Waals surface area (Å²) in [4.78, 5) is 16.1. The average molecular weight is 260 g/mol. The monoisotopic (exact) mass is 260 g/mol. The molecule has 0 spiro atoms. The summed E-state index contributed by atoms with van der Waals surface area (Å²) in [7, 11) is 0. The number of hydrogen-bond acceptors (Lipinski definition) is 2. The van der Waals surface area contributed by atoms with Crippen LogP contribution in [0.15, 0.2) is 30.3 Å². The highest BCUT2D eigenvalue weighted by Gasteiger charge is 2.24. The highest BCUT2D eigenvalue weighted by molar-refractivity contribution is 5.93. The third kappa shape index (κ3) is 3.47. The Hall–Kier alpha value is -2.04. The molecule has 5 nitrogen and oxygen atoms in total. The fourth-order valence-corrected chi connectivity index (χ4v) is 2.25. The Bertz CT molecular complexity index is 440. The minimum absolute atomic E-state index is 0.0185. The van der Waals surface area contributed by atoms with Crippen molar-refractivity contribution in [3.63, 3.8) is 0 Å². The topological polar surface area (TPSA) is 73.4 Å². The van der Waals surface area contributed by atoms with Gasteiger partial charge in [-0.25, -0.2) is 4.79 Å². The smallest absolute Gasteiger partial charge is 0.324 e. The van der Waals surface area contributed by atoms with E-state index in [1.54, 1.807) is 4.90 Å². The van der Waals surface area contributed by atoms with Crippen molar-refractivity contribution in [3.05, 3.63) is 30.3 Å². The van der Waals surface area contributed by atoms with Crippen molar-refractivity contribution >= 4 is 17.6 Å². The van der Waals surface area contributed by atoms with Crippen LogP contribution >= 0.6 is 0 Å². The summed E-state index contributed by atoms with van der Waals surface area (Å²) >= 11 is 0. The van der Waals surface area contributed by atoms with Crippen molar-refractivity contribution in [1.29, 1.82) is 5.41 Å². The predicted molar refractivity (Wildman–Crippen MR) is 76.5 cm³/mol. The summed E-state index contributed by atoms with van der Waals surface area (Å²) in [6, 6.07) is 9.58. The van der Waals surface area contributed by atoms with E-state index in [-0.39, 0.29) is 11.9 Å². The van der Waals surface area contributed by atoms with Gasteiger partial charge in [-0.15, -0.1) is 0 Å². The van der Waals surface area contributed by atoms with E-state index >= 15 is 0 Å². The Labute approximate surface area is 113 Å². The number of amidine groups is 1. The Morgan fingerprint density at radius 2 is 1.89 bits per heavy atom. The van der Waals surface area contributed by atoms with E-state index in [4.69, 9.17) is 11.1 Å². The lowest BCUT2D eigenvalue weighted by Gasteiger charge is -2.28. The zero-order valence-corrected chi connectivity index (χ0v) is 11.0. The van der Waals surface area contributed by atoms with Crippen LogP contribution in [0.4, 0.5) is 10.5 Å². The number of benzene rings is 1. The average Bonchev–Trinajstić information content (AvgIpc) is 2.93. The van der Waals surface area contributed by atoms with Gasteiger partial charge in [0.1, 0.15) is 0 Å². The van der Waals surface area contributed by atoms with Crippen molar-refractivity contribution in [2.75, 3.05) is 24.5 Å². The highest BCUT2D eigenvalue weighted by Crippen LogP contribution is 2.18. The van der Waals surface area contributed by atoms with Crippen LogP contribution in [-0.4, -0.2) is 36.4 Å². The molecule has 1 aliphatic heterocycles. The normalized spacial score (nSPS) is 14.4. The standard InChI is InChI=1S/C14H20N4O/c15-13(16)8-11-18(12-6-2-1-3-7-12)14(19)17-9-4-5-10-17/h1-3,6-7H,4-5,8-11H2,(H3,15,16). The minimum Gasteiger partial charge on any atom is -0.388 e. The van der Waals surface area contributed by atoms with Crippen LogP contribution in [0.25, 0.3) is 0 Å². The number of amides is 2. The lowest BCUT2D eigenvalue weighted by molar-refractivity contribution is 0.215. The fourth-order valence-electron chi connectivity index (χ4n) is 2.25. The largest absolute Gasteiger partial charge is 0.388 e. The number of anilines is 1. The van der Waals surface area contributed by atoms with Crippen molar-refractivity contribution in [1.82, 2.24) is 4.90 Å². The molecule has 0 aromatic heterocycles. The summed E-state index contributed by atoms with van der Waals surface area (Å²) in [5.74, 6) is 0.107. The maximum atomic E-state index is 12.5. The van der Waals surface area contributed by atoms with Crippen LogP contribution in [0, 0.1) is 5.41 Å². The van der Waals surface area contributed by atoms with Gasteiger partial charge in [-0.05, 0) is 25.0 Å². The molecule has 0 aliphatic carbocycles. The van der Waals surface area contributed by atoms with E-state index in [0.29, 0.717) is 13.0 Å². The zero-order valence-electron chi connectivity index (χ0n) is 11.0. The lowest BCUT2D eigenvalue weighted by Crippen LogP contribution is -2.43. The summed E-state index contributed by atoms with van der Waals surface area (Å²) in [5.41, 5.74) is 6.27. The van der Waals surface area contributed by atoms with E-state index in [9.17, 15) is 4.79 Å². The molecular weight excluding hydrogens is 240 g/mol. The second kappa shape index (κ2) is 6.22. The predicted octanol–water partition coefficient (Wildman–Crippen LogP) is 2.03. The third-order valence-corrected chi connectivity index (χ3v) is 3.28. The van der Waals surface area contributed by atoms with Gasteiger partial charge in [-0.1, -0.05) is 18.2 Å². The summed E-state index contributed by atoms with van der Waals surface area (Å²) in [6.07, 6.45) is 2.54. The third-order valence-electron chi connectivity index (χ3n) is 3.28. The van der Waals surface area contributed by atoms with Crippen LogP contribution in [0.1, 0.15) is 19.3 Å². The molecule has 0 radical (unpaired) electrons. The van der Waals surface area contributed by atoms with Crippen molar-refractivity contribution in [3.8, 4) is 0 Å². The molecule has 3 N–H and O–H groups in total. The first-order chi connectivity index (χ1) is 9.18. The van der Waals surface area contributed by atoms with Crippen molar-refractivity contribution < 1.29 is 4.79 Å². The molecule has 2 rings (SSSR count). The molecule has 0 atom stereocenters. The van der Waals surface area contributed by atoms with Crippen molar-refractivity contribution in [2.24, 2.45) is 5.73 Å². The SMILES string of the molecule is N=C(N)CCN(C(=O)N1CCCC1)c1ccccc1. The molecule has 102 valence electrons. The molecule has 0 bridgehead atoms. The number of hydrogen-bond donors (Lipinski definition) is 2. The van der Waals surface area contributed by atoms with Gasteiger partial charge in [0.05, 0.1) is 5.84 Å². The van der Waals surface area contributed by atoms with Gasteiger partial charge >= 0.3 is 6.03 Å². The van der Waals surface area contributed by atoms with Crippen LogP contribution in [0.3, 0.4) is 0 Å². The molecular formula is C14H20N4O. The molecule has 1 aromatic rings. The van der Waals surface area contributed by atoms with Crippen LogP contribution in [-0.2, 0) is 0 Å². The summed E-state index contributed by atoms with van der Waals surface area (Å²) in [5, 5.41) is 7.33. The first-order valence-corrected chi connectivity index (χ1v) is 6.63. The van der Waals surface area contributed by atoms with E-state index in [2.05, 4.69) is 0 Å². The van der Waals surface area contributed by atoms with Gasteiger partial charge in [-0.2, -0.15) is 0 Å². The molecule has 1 heterocycles. The number of para-hydroxylation sites is 1. The second-order valence-electron chi connectivity index (χ2n) is 4.74. The van der Waals surface area contributed by atoms with Crippen LogP contribution < -0.4 is 10.6 Å². The van der Waals surface area contributed by atoms with Gasteiger partial charge < -0.3 is 10.6 Å². The van der Waals surface area contributed by atoms with E-state index in [0.717, 1.165) is 31.6 Å². The van der Waals surface area contributed by atoms with E-state index < -0.39 is 0 Å². The number of nitrogens with one attached hydrogen (secondary N) is 1. The first-order valence-electron chi connectivity index (χ1n) is 6.63. The fraction of sp³-hybridized carbons (Fsp3) is 0.429. The molecule has 1 aromatic carbocycles. The molecule has 19 heavy (non-hydrogen) atoms. The second-order valence-corrected chi connectivity index (χ2v) is 4.74. The van der Waals surface area contributed by atoms with Gasteiger partial charge in [0.15, 0.2) is 0 Å². The molecule has 1 aliphatic rings. The van der Waals surface area contributed by atoms with E-state index in [1.165, 1.54) is 0 Å². The van der Waals surface area contributed by atoms with E-state index in [1.807, 2.05) is 35.2 Å². The highest BCUT2D eigenvalue weighted by atomic mass is 16.2. The van der Waals surface area contributed by atoms with Gasteiger partial charge in [-0.3, -0.25) is 10.3 Å². The number of rotatable bonds is 4. The number of nitrogens with two attached hydrogens (primary N) is 1. The van der Waals surface area contributed by atoms with Crippen LogP contribution in [0.2, 0.25) is 0 Å².